The third kappa shape index (κ3) is 2.62. The first-order valence-corrected chi connectivity index (χ1v) is 7.81. The van der Waals surface area contributed by atoms with E-state index in [1.165, 1.54) is 43.5 Å². The third-order valence-corrected chi connectivity index (χ3v) is 4.94. The zero-order valence-corrected chi connectivity index (χ0v) is 12.6. The van der Waals surface area contributed by atoms with Gasteiger partial charge in [0.1, 0.15) is 0 Å². The monoisotopic (exact) mass is 274 g/mol. The van der Waals surface area contributed by atoms with E-state index in [1.54, 1.807) is 0 Å². The molecule has 0 aromatic heterocycles. The van der Waals surface area contributed by atoms with Gasteiger partial charge in [-0.25, -0.2) is 0 Å². The molecule has 1 heterocycles. The van der Waals surface area contributed by atoms with Gasteiger partial charge in [0.15, 0.2) is 0 Å². The number of likely N-dealkylation sites (tertiary alicyclic amines) is 1. The number of rotatable bonds is 4. The highest BCUT2D eigenvalue weighted by atomic mass is 16.5. The Morgan fingerprint density at radius 3 is 3.00 bits per heavy atom. The van der Waals surface area contributed by atoms with Gasteiger partial charge in [0.25, 0.3) is 0 Å². The number of fused-ring (bicyclic) bond motifs is 1. The summed E-state index contributed by atoms with van der Waals surface area (Å²) < 4.78 is 5.36. The molecule has 20 heavy (non-hydrogen) atoms. The maximum atomic E-state index is 5.36. The molecule has 3 unspecified atom stereocenters. The van der Waals surface area contributed by atoms with Crippen LogP contribution in [0.15, 0.2) is 24.3 Å². The normalized spacial score (nSPS) is 30.4. The van der Waals surface area contributed by atoms with E-state index in [4.69, 9.17) is 4.74 Å². The van der Waals surface area contributed by atoms with Gasteiger partial charge < -0.3 is 10.1 Å². The van der Waals surface area contributed by atoms with E-state index in [2.05, 4.69) is 41.5 Å². The first kappa shape index (κ1) is 14.1. The molecule has 1 aliphatic carbocycles. The Morgan fingerprint density at radius 1 is 1.35 bits per heavy atom. The van der Waals surface area contributed by atoms with Gasteiger partial charge in [0.05, 0.1) is 6.61 Å². The molecule has 3 rings (SSSR count). The highest BCUT2D eigenvalue weighted by Crippen LogP contribution is 2.35. The Bertz CT molecular complexity index is 446. The molecule has 0 bridgehead atoms. The number of ether oxygens (including phenoxy) is 1. The quantitative estimate of drug-likeness (QED) is 0.911. The van der Waals surface area contributed by atoms with Crippen molar-refractivity contribution in [2.45, 2.75) is 31.3 Å². The zero-order chi connectivity index (χ0) is 13.9. The molecule has 0 radical (unpaired) electrons. The number of hydrogen-bond acceptors (Lipinski definition) is 3. The van der Waals surface area contributed by atoms with Crippen LogP contribution in [0.3, 0.4) is 0 Å². The van der Waals surface area contributed by atoms with Crippen LogP contribution in [-0.4, -0.2) is 44.8 Å². The average Bonchev–Trinajstić information content (AvgIpc) is 2.86. The van der Waals surface area contributed by atoms with E-state index >= 15 is 0 Å². The summed E-state index contributed by atoms with van der Waals surface area (Å²) in [6, 6.07) is 9.99. The van der Waals surface area contributed by atoms with Crippen molar-refractivity contribution in [1.82, 2.24) is 10.2 Å². The molecular formula is C17H26N2O. The fraction of sp³-hybridized carbons (Fsp3) is 0.647. The lowest BCUT2D eigenvalue weighted by Gasteiger charge is -2.39. The summed E-state index contributed by atoms with van der Waals surface area (Å²) in [6.07, 6.45) is 3.80. The van der Waals surface area contributed by atoms with Crippen LogP contribution in [0.4, 0.5) is 0 Å². The molecule has 1 aliphatic heterocycles. The molecule has 2 aliphatic rings. The Kier molecular flexibility index (Phi) is 4.39. The van der Waals surface area contributed by atoms with E-state index in [0.29, 0.717) is 18.0 Å². The van der Waals surface area contributed by atoms with E-state index in [0.717, 1.165) is 6.61 Å². The molecule has 0 amide bonds. The Balaban J connectivity index is 1.74. The average molecular weight is 274 g/mol. The minimum absolute atomic E-state index is 0.479. The van der Waals surface area contributed by atoms with Crippen LogP contribution in [0.2, 0.25) is 0 Å². The summed E-state index contributed by atoms with van der Waals surface area (Å²) in [5, 5.41) is 3.54. The number of benzene rings is 1. The summed E-state index contributed by atoms with van der Waals surface area (Å²) in [7, 11) is 3.91. The number of methoxy groups -OCH3 is 1. The lowest BCUT2D eigenvalue weighted by Crippen LogP contribution is -2.47. The summed E-state index contributed by atoms with van der Waals surface area (Å²) in [6.45, 7) is 3.32. The molecule has 0 saturated carbocycles. The second kappa shape index (κ2) is 6.25. The van der Waals surface area contributed by atoms with Crippen LogP contribution in [0.1, 0.15) is 30.0 Å². The van der Waals surface area contributed by atoms with E-state index in [-0.39, 0.29) is 0 Å². The van der Waals surface area contributed by atoms with Crippen molar-refractivity contribution in [3.63, 3.8) is 0 Å². The topological polar surface area (TPSA) is 24.5 Å². The fourth-order valence-electron chi connectivity index (χ4n) is 4.03. The van der Waals surface area contributed by atoms with Gasteiger partial charge in [0.2, 0.25) is 0 Å². The summed E-state index contributed by atoms with van der Waals surface area (Å²) in [4.78, 5) is 2.69. The molecule has 1 fully saturated rings. The lowest BCUT2D eigenvalue weighted by molar-refractivity contribution is 0.0608. The summed E-state index contributed by atoms with van der Waals surface area (Å²) in [5.41, 5.74) is 3.01. The van der Waals surface area contributed by atoms with Crippen molar-refractivity contribution >= 4 is 0 Å². The summed E-state index contributed by atoms with van der Waals surface area (Å²) in [5.74, 6) is 0.704. The molecule has 3 atom stereocenters. The fourth-order valence-corrected chi connectivity index (χ4v) is 4.03. The number of nitrogens with one attached hydrogen (secondary N) is 1. The van der Waals surface area contributed by atoms with Crippen molar-refractivity contribution in [1.29, 1.82) is 0 Å². The zero-order valence-electron chi connectivity index (χ0n) is 12.6. The van der Waals surface area contributed by atoms with Crippen molar-refractivity contribution in [3.8, 4) is 0 Å². The van der Waals surface area contributed by atoms with E-state index in [1.807, 2.05) is 7.11 Å². The molecule has 110 valence electrons. The minimum atomic E-state index is 0.479. The molecule has 1 aromatic carbocycles. The standard InChI is InChI=1S/C17H26N2O/c1-18-17-15-8-4-3-7-14(15)10-16(17)19-9-5-6-13(11-19)12-20-2/h3-4,7-8,13,16-18H,5-6,9-12H2,1-2H3. The van der Waals surface area contributed by atoms with Gasteiger partial charge in [0, 0.05) is 25.7 Å². The Hall–Kier alpha value is -0.900. The van der Waals surface area contributed by atoms with Crippen molar-refractivity contribution < 1.29 is 4.74 Å². The molecule has 3 heteroatoms. The van der Waals surface area contributed by atoms with Crippen molar-refractivity contribution in [2.75, 3.05) is 33.9 Å². The predicted octanol–water partition coefficient (Wildman–Crippen LogP) is 2.23. The van der Waals surface area contributed by atoms with Gasteiger partial charge in [-0.2, -0.15) is 0 Å². The Morgan fingerprint density at radius 2 is 2.20 bits per heavy atom. The predicted molar refractivity (Wildman–Crippen MR) is 81.9 cm³/mol. The van der Waals surface area contributed by atoms with Crippen LogP contribution < -0.4 is 5.32 Å². The maximum absolute atomic E-state index is 5.36. The van der Waals surface area contributed by atoms with Crippen LogP contribution in [0, 0.1) is 5.92 Å². The number of piperidine rings is 1. The molecule has 0 spiro atoms. The highest BCUT2D eigenvalue weighted by molar-refractivity contribution is 5.37. The molecule has 1 aromatic rings. The van der Waals surface area contributed by atoms with Gasteiger partial charge in [-0.15, -0.1) is 0 Å². The highest BCUT2D eigenvalue weighted by Gasteiger charge is 2.36. The lowest BCUT2D eigenvalue weighted by atomic mass is 9.95. The van der Waals surface area contributed by atoms with E-state index in [9.17, 15) is 0 Å². The first-order valence-electron chi connectivity index (χ1n) is 7.81. The minimum Gasteiger partial charge on any atom is -0.384 e. The molecular weight excluding hydrogens is 248 g/mol. The number of nitrogens with zero attached hydrogens (tertiary/aromatic N) is 1. The number of likely N-dealkylation sites (N-methyl/N-ethyl adjacent to an activating group) is 1. The maximum Gasteiger partial charge on any atom is 0.0502 e. The van der Waals surface area contributed by atoms with E-state index < -0.39 is 0 Å². The first-order chi connectivity index (χ1) is 9.83. The van der Waals surface area contributed by atoms with Gasteiger partial charge in [-0.05, 0) is 49.9 Å². The number of hydrogen-bond donors (Lipinski definition) is 1. The van der Waals surface area contributed by atoms with Gasteiger partial charge >= 0.3 is 0 Å². The van der Waals surface area contributed by atoms with Crippen LogP contribution in [0.25, 0.3) is 0 Å². The van der Waals surface area contributed by atoms with Gasteiger partial charge in [-0.1, -0.05) is 24.3 Å². The smallest absolute Gasteiger partial charge is 0.0502 e. The molecule has 1 saturated heterocycles. The molecule has 3 nitrogen and oxygen atoms in total. The second-order valence-electron chi connectivity index (χ2n) is 6.20. The van der Waals surface area contributed by atoms with Crippen LogP contribution in [-0.2, 0) is 11.2 Å². The van der Waals surface area contributed by atoms with Crippen LogP contribution in [0.5, 0.6) is 0 Å². The second-order valence-corrected chi connectivity index (χ2v) is 6.20. The third-order valence-electron chi connectivity index (χ3n) is 4.94. The summed E-state index contributed by atoms with van der Waals surface area (Å²) >= 11 is 0. The largest absolute Gasteiger partial charge is 0.384 e. The van der Waals surface area contributed by atoms with Crippen molar-refractivity contribution in [3.05, 3.63) is 35.4 Å². The van der Waals surface area contributed by atoms with Crippen LogP contribution >= 0.6 is 0 Å². The SMILES string of the molecule is CNC1c2ccccc2CC1N1CCCC(COC)C1. The van der Waals surface area contributed by atoms with Crippen molar-refractivity contribution in [2.24, 2.45) is 5.92 Å². The van der Waals surface area contributed by atoms with Gasteiger partial charge in [-0.3, -0.25) is 4.90 Å². The molecule has 1 N–H and O–H groups in total. The Labute approximate surface area is 122 Å².